The number of carbonyl (C=O) groups is 1. The minimum Gasteiger partial charge on any atom is -0.477 e. The molecule has 1 aromatic heterocycles. The molecule has 1 saturated carbocycles. The first kappa shape index (κ1) is 10.9. The monoisotopic (exact) mass is 222 g/mol. The van der Waals surface area contributed by atoms with Crippen molar-refractivity contribution in [2.75, 3.05) is 11.9 Å². The Kier molecular flexibility index (Phi) is 2.78. The van der Waals surface area contributed by atoms with Crippen LogP contribution in [-0.2, 0) is 0 Å². The van der Waals surface area contributed by atoms with Crippen molar-refractivity contribution < 1.29 is 15.0 Å². The first-order chi connectivity index (χ1) is 7.65. The summed E-state index contributed by atoms with van der Waals surface area (Å²) in [5.74, 6) is -1.04. The van der Waals surface area contributed by atoms with Gasteiger partial charge < -0.3 is 15.5 Å². The lowest BCUT2D eigenvalue weighted by Crippen LogP contribution is -2.48. The molecule has 5 nitrogen and oxygen atoms in total. The smallest absolute Gasteiger partial charge is 0.354 e. The molecule has 0 atom stereocenters. The zero-order valence-corrected chi connectivity index (χ0v) is 8.81. The first-order valence-electron chi connectivity index (χ1n) is 5.24. The van der Waals surface area contributed by atoms with Gasteiger partial charge in [-0.3, -0.25) is 0 Å². The Morgan fingerprint density at radius 1 is 1.50 bits per heavy atom. The van der Waals surface area contributed by atoms with Crippen LogP contribution in [0.2, 0.25) is 0 Å². The molecule has 0 saturated heterocycles. The molecule has 1 aliphatic carbocycles. The maximum Gasteiger partial charge on any atom is 0.354 e. The molecule has 86 valence electrons. The van der Waals surface area contributed by atoms with Crippen LogP contribution in [0.5, 0.6) is 0 Å². The molecular weight excluding hydrogens is 208 g/mol. The fraction of sp³-hybridized carbons (Fsp3) is 0.455. The van der Waals surface area contributed by atoms with Crippen molar-refractivity contribution in [3.8, 4) is 0 Å². The second-order valence-corrected chi connectivity index (χ2v) is 4.15. The Balaban J connectivity index is 2.07. The van der Waals surface area contributed by atoms with E-state index in [2.05, 4.69) is 10.3 Å². The molecule has 0 aliphatic heterocycles. The second-order valence-electron chi connectivity index (χ2n) is 4.15. The third-order valence-electron chi connectivity index (χ3n) is 3.01. The Morgan fingerprint density at radius 2 is 2.25 bits per heavy atom. The highest BCUT2D eigenvalue weighted by Gasteiger charge is 2.36. The predicted molar refractivity (Wildman–Crippen MR) is 58.5 cm³/mol. The lowest BCUT2D eigenvalue weighted by atomic mass is 9.77. The van der Waals surface area contributed by atoms with E-state index in [1.54, 1.807) is 6.07 Å². The minimum absolute atomic E-state index is 0.0252. The number of rotatable bonds is 4. The van der Waals surface area contributed by atoms with Crippen LogP contribution in [0.15, 0.2) is 18.3 Å². The Bertz CT molecular complexity index is 379. The fourth-order valence-electron chi connectivity index (χ4n) is 1.83. The average Bonchev–Trinajstić information content (AvgIpc) is 2.24. The highest BCUT2D eigenvalue weighted by atomic mass is 16.4. The largest absolute Gasteiger partial charge is 0.477 e. The van der Waals surface area contributed by atoms with Gasteiger partial charge in [0.1, 0.15) is 5.69 Å². The third kappa shape index (κ3) is 1.99. The van der Waals surface area contributed by atoms with Gasteiger partial charge in [-0.1, -0.05) is 0 Å². The summed E-state index contributed by atoms with van der Waals surface area (Å²) in [5.41, 5.74) is 0.544. The molecule has 1 fully saturated rings. The van der Waals surface area contributed by atoms with Crippen LogP contribution >= 0.6 is 0 Å². The zero-order valence-electron chi connectivity index (χ0n) is 8.81. The van der Waals surface area contributed by atoms with E-state index in [4.69, 9.17) is 5.11 Å². The van der Waals surface area contributed by atoms with Gasteiger partial charge in [0.2, 0.25) is 0 Å². The van der Waals surface area contributed by atoms with Crippen molar-refractivity contribution in [2.45, 2.75) is 24.8 Å². The van der Waals surface area contributed by atoms with E-state index < -0.39 is 5.97 Å². The molecule has 0 amide bonds. The summed E-state index contributed by atoms with van der Waals surface area (Å²) in [6, 6.07) is 3.13. The number of nitrogens with one attached hydrogen (secondary N) is 1. The minimum atomic E-state index is -1.04. The molecule has 1 heterocycles. The standard InChI is InChI=1S/C11H14N2O3/c14-7-11(4-1-5-11)13-8-2-3-9(10(15)16)12-6-8/h2-3,6,13-14H,1,4-5,7H2,(H,15,16). The molecule has 2 rings (SSSR count). The summed E-state index contributed by atoms with van der Waals surface area (Å²) in [6.45, 7) is 0.0910. The number of anilines is 1. The van der Waals surface area contributed by atoms with Crippen LogP contribution in [0.3, 0.4) is 0 Å². The molecule has 0 bridgehead atoms. The van der Waals surface area contributed by atoms with Crippen molar-refractivity contribution in [1.29, 1.82) is 0 Å². The van der Waals surface area contributed by atoms with Gasteiger partial charge in [0.15, 0.2) is 0 Å². The van der Waals surface area contributed by atoms with Crippen LogP contribution in [-0.4, -0.2) is 33.3 Å². The van der Waals surface area contributed by atoms with E-state index in [0.29, 0.717) is 0 Å². The molecule has 3 N–H and O–H groups in total. The van der Waals surface area contributed by atoms with Crippen LogP contribution in [0.4, 0.5) is 5.69 Å². The van der Waals surface area contributed by atoms with Gasteiger partial charge in [0.25, 0.3) is 0 Å². The van der Waals surface area contributed by atoms with Crippen molar-refractivity contribution in [1.82, 2.24) is 4.98 Å². The summed E-state index contributed by atoms with van der Waals surface area (Å²) in [5, 5.41) is 21.2. The Morgan fingerprint density at radius 3 is 2.62 bits per heavy atom. The lowest BCUT2D eigenvalue weighted by Gasteiger charge is -2.41. The van der Waals surface area contributed by atoms with E-state index in [-0.39, 0.29) is 17.8 Å². The van der Waals surface area contributed by atoms with E-state index in [0.717, 1.165) is 24.9 Å². The number of hydrogen-bond acceptors (Lipinski definition) is 4. The first-order valence-corrected chi connectivity index (χ1v) is 5.24. The van der Waals surface area contributed by atoms with Gasteiger partial charge in [-0.25, -0.2) is 9.78 Å². The van der Waals surface area contributed by atoms with Gasteiger partial charge in [-0.2, -0.15) is 0 Å². The van der Waals surface area contributed by atoms with Gasteiger partial charge in [-0.05, 0) is 31.4 Å². The van der Waals surface area contributed by atoms with Crippen molar-refractivity contribution in [2.24, 2.45) is 0 Å². The summed E-state index contributed by atoms with van der Waals surface area (Å²) in [4.78, 5) is 14.4. The summed E-state index contributed by atoms with van der Waals surface area (Å²) in [7, 11) is 0. The second kappa shape index (κ2) is 4.09. The molecule has 5 heteroatoms. The van der Waals surface area contributed by atoms with E-state index in [1.165, 1.54) is 12.3 Å². The third-order valence-corrected chi connectivity index (χ3v) is 3.01. The molecule has 1 aliphatic rings. The maximum absolute atomic E-state index is 10.6. The van der Waals surface area contributed by atoms with E-state index in [9.17, 15) is 9.90 Å². The number of aliphatic hydroxyl groups is 1. The molecule has 16 heavy (non-hydrogen) atoms. The molecule has 0 radical (unpaired) electrons. The fourth-order valence-corrected chi connectivity index (χ4v) is 1.83. The van der Waals surface area contributed by atoms with Gasteiger partial charge in [0.05, 0.1) is 24.0 Å². The molecule has 1 aromatic rings. The van der Waals surface area contributed by atoms with Crippen molar-refractivity contribution in [3.63, 3.8) is 0 Å². The summed E-state index contributed by atoms with van der Waals surface area (Å²) in [6.07, 6.45) is 4.46. The van der Waals surface area contributed by atoms with Crippen LogP contribution in [0, 0.1) is 0 Å². The highest BCUT2D eigenvalue weighted by Crippen LogP contribution is 2.34. The van der Waals surface area contributed by atoms with Crippen LogP contribution < -0.4 is 5.32 Å². The quantitative estimate of drug-likeness (QED) is 0.710. The number of pyridine rings is 1. The van der Waals surface area contributed by atoms with Crippen LogP contribution in [0.1, 0.15) is 29.8 Å². The van der Waals surface area contributed by atoms with Crippen LogP contribution in [0.25, 0.3) is 0 Å². The van der Waals surface area contributed by atoms with Gasteiger partial charge >= 0.3 is 5.97 Å². The molecular formula is C11H14N2O3. The molecule has 0 unspecified atom stereocenters. The Hall–Kier alpha value is -1.62. The predicted octanol–water partition coefficient (Wildman–Crippen LogP) is 1.11. The Labute approximate surface area is 93.1 Å². The topological polar surface area (TPSA) is 82.5 Å². The number of carboxylic acids is 1. The average molecular weight is 222 g/mol. The van der Waals surface area contributed by atoms with Crippen molar-refractivity contribution in [3.05, 3.63) is 24.0 Å². The summed E-state index contributed by atoms with van der Waals surface area (Å²) < 4.78 is 0. The number of aromatic nitrogens is 1. The van der Waals surface area contributed by atoms with E-state index >= 15 is 0 Å². The number of aromatic carboxylic acids is 1. The number of carboxylic acid groups (broad SMARTS) is 1. The van der Waals surface area contributed by atoms with E-state index in [1.807, 2.05) is 0 Å². The molecule has 0 aromatic carbocycles. The molecule has 0 spiro atoms. The number of aliphatic hydroxyl groups excluding tert-OH is 1. The highest BCUT2D eigenvalue weighted by molar-refractivity contribution is 5.85. The van der Waals surface area contributed by atoms with Gasteiger partial charge in [0, 0.05) is 0 Å². The van der Waals surface area contributed by atoms with Crippen molar-refractivity contribution >= 4 is 11.7 Å². The van der Waals surface area contributed by atoms with Gasteiger partial charge in [-0.15, -0.1) is 0 Å². The maximum atomic E-state index is 10.6. The summed E-state index contributed by atoms with van der Waals surface area (Å²) >= 11 is 0. The number of nitrogens with zero attached hydrogens (tertiary/aromatic N) is 1. The zero-order chi connectivity index (χ0) is 11.6. The lowest BCUT2D eigenvalue weighted by molar-refractivity contribution is 0.0690. The normalized spacial score (nSPS) is 17.6. The SMILES string of the molecule is O=C(O)c1ccc(NC2(CO)CCC2)cn1. The number of hydrogen-bond donors (Lipinski definition) is 3.